The van der Waals surface area contributed by atoms with Crippen LogP contribution < -0.4 is 10.6 Å². The summed E-state index contributed by atoms with van der Waals surface area (Å²) >= 11 is 3.37. The molecule has 0 radical (unpaired) electrons. The summed E-state index contributed by atoms with van der Waals surface area (Å²) in [5, 5.41) is 6.12. The van der Waals surface area contributed by atoms with E-state index in [0.29, 0.717) is 11.4 Å². The van der Waals surface area contributed by atoms with Crippen molar-refractivity contribution in [3.63, 3.8) is 0 Å². The second-order valence-electron chi connectivity index (χ2n) is 5.47. The van der Waals surface area contributed by atoms with E-state index in [1.54, 1.807) is 18.3 Å². The van der Waals surface area contributed by atoms with Crippen LogP contribution in [-0.2, 0) is 0 Å². The maximum Gasteiger partial charge on any atom is 0.255 e. The first kappa shape index (κ1) is 17.4. The number of hydrogen-bond donors (Lipinski definition) is 2. The fourth-order valence-corrected chi connectivity index (χ4v) is 2.28. The van der Waals surface area contributed by atoms with Gasteiger partial charge in [-0.05, 0) is 63.5 Å². The van der Waals surface area contributed by atoms with Crippen LogP contribution in [0.15, 0.2) is 47.1 Å². The molecule has 122 valence electrons. The molecule has 2 rings (SSSR count). The summed E-state index contributed by atoms with van der Waals surface area (Å²) in [4.78, 5) is 18.7. The van der Waals surface area contributed by atoms with Crippen molar-refractivity contribution in [1.29, 1.82) is 0 Å². The molecule has 0 aliphatic rings. The number of amides is 1. The number of hydrogen-bond acceptors (Lipinski definition) is 4. The highest BCUT2D eigenvalue weighted by Crippen LogP contribution is 2.15. The molecule has 2 N–H and O–H groups in total. The van der Waals surface area contributed by atoms with Crippen molar-refractivity contribution in [2.45, 2.75) is 6.42 Å². The van der Waals surface area contributed by atoms with Crippen molar-refractivity contribution in [3.05, 3.63) is 52.6 Å². The molecule has 0 unspecified atom stereocenters. The summed E-state index contributed by atoms with van der Waals surface area (Å²) in [6.45, 7) is 1.83. The van der Waals surface area contributed by atoms with Crippen molar-refractivity contribution in [2.24, 2.45) is 0 Å². The molecule has 1 amide bonds. The van der Waals surface area contributed by atoms with Crippen LogP contribution in [0.4, 0.5) is 11.5 Å². The minimum Gasteiger partial charge on any atom is -0.370 e. The molecule has 0 aliphatic heterocycles. The fraction of sp³-hybridized carbons (Fsp3) is 0.294. The van der Waals surface area contributed by atoms with Gasteiger partial charge in [0.2, 0.25) is 0 Å². The molecule has 0 fully saturated rings. The summed E-state index contributed by atoms with van der Waals surface area (Å²) in [5.74, 6) is 0.568. The highest BCUT2D eigenvalue weighted by Gasteiger charge is 2.07. The molecule has 1 aromatic heterocycles. The normalized spacial score (nSPS) is 10.6. The lowest BCUT2D eigenvalue weighted by Crippen LogP contribution is -2.17. The number of anilines is 2. The van der Waals surface area contributed by atoms with Gasteiger partial charge in [0.05, 0.1) is 0 Å². The molecular weight excluding hydrogens is 356 g/mol. The maximum absolute atomic E-state index is 12.3. The van der Waals surface area contributed by atoms with Crippen LogP contribution >= 0.6 is 15.9 Å². The quantitative estimate of drug-likeness (QED) is 0.726. The lowest BCUT2D eigenvalue weighted by atomic mass is 10.2. The van der Waals surface area contributed by atoms with E-state index in [-0.39, 0.29) is 5.91 Å². The molecule has 23 heavy (non-hydrogen) atoms. The number of halogens is 1. The van der Waals surface area contributed by atoms with Gasteiger partial charge in [-0.15, -0.1) is 0 Å². The molecule has 0 spiro atoms. The molecule has 5 nitrogen and oxygen atoms in total. The van der Waals surface area contributed by atoms with Gasteiger partial charge in [0.1, 0.15) is 5.82 Å². The number of nitrogens with zero attached hydrogens (tertiary/aromatic N) is 2. The van der Waals surface area contributed by atoms with Crippen molar-refractivity contribution < 1.29 is 4.79 Å². The van der Waals surface area contributed by atoms with Crippen LogP contribution in [-0.4, -0.2) is 43.0 Å². The summed E-state index contributed by atoms with van der Waals surface area (Å²) in [5.41, 5.74) is 1.34. The molecule has 1 aromatic carbocycles. The Morgan fingerprint density at radius 1 is 1.22 bits per heavy atom. The van der Waals surface area contributed by atoms with Crippen molar-refractivity contribution in [3.8, 4) is 0 Å². The van der Waals surface area contributed by atoms with E-state index in [4.69, 9.17) is 0 Å². The van der Waals surface area contributed by atoms with E-state index in [1.807, 2.05) is 38.4 Å². The zero-order valence-corrected chi connectivity index (χ0v) is 14.9. The number of nitrogens with one attached hydrogen (secondary N) is 2. The van der Waals surface area contributed by atoms with Crippen molar-refractivity contribution in [1.82, 2.24) is 9.88 Å². The average molecular weight is 377 g/mol. The number of benzene rings is 1. The Balaban J connectivity index is 1.92. The van der Waals surface area contributed by atoms with Crippen LogP contribution in [0.1, 0.15) is 16.8 Å². The summed E-state index contributed by atoms with van der Waals surface area (Å²) in [6.07, 6.45) is 2.66. The monoisotopic (exact) mass is 376 g/mol. The Morgan fingerprint density at radius 3 is 2.65 bits per heavy atom. The molecule has 0 atom stereocenters. The highest BCUT2D eigenvalue weighted by molar-refractivity contribution is 9.10. The van der Waals surface area contributed by atoms with E-state index in [0.717, 1.165) is 29.7 Å². The Hall–Kier alpha value is -1.92. The lowest BCUT2D eigenvalue weighted by molar-refractivity contribution is 0.102. The van der Waals surface area contributed by atoms with Crippen molar-refractivity contribution >= 4 is 33.3 Å². The van der Waals surface area contributed by atoms with Gasteiger partial charge >= 0.3 is 0 Å². The fourth-order valence-electron chi connectivity index (χ4n) is 2.02. The van der Waals surface area contributed by atoms with Gasteiger partial charge < -0.3 is 15.5 Å². The summed E-state index contributed by atoms with van der Waals surface area (Å²) in [6, 6.07) is 11.0. The maximum atomic E-state index is 12.3. The first-order valence-corrected chi connectivity index (χ1v) is 8.25. The molecular formula is C17H21BrN4O. The third kappa shape index (κ3) is 6.00. The topological polar surface area (TPSA) is 57.3 Å². The average Bonchev–Trinajstić information content (AvgIpc) is 2.54. The van der Waals surface area contributed by atoms with Gasteiger partial charge in [0, 0.05) is 28.5 Å². The minimum atomic E-state index is -0.147. The SMILES string of the molecule is CN(C)CCCNc1cc(C(=O)Nc2ccc(Br)cc2)ccn1. The van der Waals surface area contributed by atoms with E-state index >= 15 is 0 Å². The first-order valence-electron chi connectivity index (χ1n) is 7.46. The lowest BCUT2D eigenvalue weighted by Gasteiger charge is -2.11. The Bertz CT molecular complexity index is 643. The predicted molar refractivity (Wildman–Crippen MR) is 98.0 cm³/mol. The Kier molecular flexibility index (Phi) is 6.55. The van der Waals surface area contributed by atoms with Gasteiger partial charge in [-0.3, -0.25) is 4.79 Å². The number of aromatic nitrogens is 1. The third-order valence-electron chi connectivity index (χ3n) is 3.21. The molecule has 2 aromatic rings. The van der Waals surface area contributed by atoms with Crippen LogP contribution in [0, 0.1) is 0 Å². The van der Waals surface area contributed by atoms with Crippen LogP contribution in [0.3, 0.4) is 0 Å². The smallest absolute Gasteiger partial charge is 0.255 e. The van der Waals surface area contributed by atoms with Gasteiger partial charge in [-0.25, -0.2) is 4.98 Å². The predicted octanol–water partition coefficient (Wildman–Crippen LogP) is 3.46. The summed E-state index contributed by atoms with van der Waals surface area (Å²) in [7, 11) is 4.09. The second-order valence-corrected chi connectivity index (χ2v) is 6.39. The van der Waals surface area contributed by atoms with Crippen LogP contribution in [0.2, 0.25) is 0 Å². The Morgan fingerprint density at radius 2 is 1.96 bits per heavy atom. The van der Waals surface area contributed by atoms with E-state index in [9.17, 15) is 4.79 Å². The minimum absolute atomic E-state index is 0.147. The standard InChI is InChI=1S/C17H21BrN4O/c1-22(2)11-3-9-19-16-12-13(8-10-20-16)17(23)21-15-6-4-14(18)5-7-15/h4-8,10,12H,3,9,11H2,1-2H3,(H,19,20)(H,21,23). The summed E-state index contributed by atoms with van der Waals surface area (Å²) < 4.78 is 0.976. The Labute approximate surface area is 145 Å². The molecule has 0 aliphatic carbocycles. The number of carbonyl (C=O) groups is 1. The van der Waals surface area contributed by atoms with Crippen LogP contribution in [0.5, 0.6) is 0 Å². The van der Waals surface area contributed by atoms with E-state index in [2.05, 4.69) is 36.4 Å². The highest BCUT2D eigenvalue weighted by atomic mass is 79.9. The molecule has 0 bridgehead atoms. The van der Waals surface area contributed by atoms with Crippen LogP contribution in [0.25, 0.3) is 0 Å². The number of pyridine rings is 1. The van der Waals surface area contributed by atoms with E-state index in [1.165, 1.54) is 0 Å². The zero-order chi connectivity index (χ0) is 16.7. The van der Waals surface area contributed by atoms with E-state index < -0.39 is 0 Å². The van der Waals surface area contributed by atoms with Gasteiger partial charge in [0.15, 0.2) is 0 Å². The van der Waals surface area contributed by atoms with Gasteiger partial charge in [-0.1, -0.05) is 15.9 Å². The number of rotatable bonds is 7. The molecule has 0 saturated carbocycles. The largest absolute Gasteiger partial charge is 0.370 e. The molecule has 0 saturated heterocycles. The number of carbonyl (C=O) groups excluding carboxylic acids is 1. The first-order chi connectivity index (χ1) is 11.0. The zero-order valence-electron chi connectivity index (χ0n) is 13.3. The third-order valence-corrected chi connectivity index (χ3v) is 3.74. The second kappa shape index (κ2) is 8.64. The van der Waals surface area contributed by atoms with Gasteiger partial charge in [0.25, 0.3) is 5.91 Å². The molecule has 6 heteroatoms. The van der Waals surface area contributed by atoms with Crippen molar-refractivity contribution in [2.75, 3.05) is 37.8 Å². The van der Waals surface area contributed by atoms with Gasteiger partial charge in [-0.2, -0.15) is 0 Å². The molecule has 1 heterocycles.